The summed E-state index contributed by atoms with van der Waals surface area (Å²) in [7, 11) is 0. The third kappa shape index (κ3) is 5.60. The lowest BCUT2D eigenvalue weighted by Gasteiger charge is -2.41. The van der Waals surface area contributed by atoms with Crippen LogP contribution in [0, 0.1) is 0 Å². The number of nitrogens with one attached hydrogen (secondary N) is 3. The second-order valence-electron chi connectivity index (χ2n) is 8.23. The molecule has 148 valence electrons. The molecule has 27 heavy (non-hydrogen) atoms. The van der Waals surface area contributed by atoms with Gasteiger partial charge in [-0.2, -0.15) is 0 Å². The van der Waals surface area contributed by atoms with Crippen LogP contribution in [-0.4, -0.2) is 47.8 Å². The van der Waals surface area contributed by atoms with Crippen LogP contribution in [0.4, 0.5) is 15.3 Å². The SMILES string of the molecule is C[C@H](NC(=O)N1C[C@H](C)OC(C)(C)C1)c1ccc(NC(=O)NC2CC2)cc1. The zero-order valence-corrected chi connectivity index (χ0v) is 16.5. The predicted octanol–water partition coefficient (Wildman–Crippen LogP) is 3.24. The highest BCUT2D eigenvalue weighted by molar-refractivity contribution is 5.89. The number of ether oxygens (including phenoxy) is 1. The third-order valence-electron chi connectivity index (χ3n) is 4.78. The molecule has 3 N–H and O–H groups in total. The molecule has 7 nitrogen and oxygen atoms in total. The molecule has 1 aromatic rings. The smallest absolute Gasteiger partial charge is 0.319 e. The molecule has 2 fully saturated rings. The number of benzene rings is 1. The van der Waals surface area contributed by atoms with Crippen molar-refractivity contribution >= 4 is 17.7 Å². The summed E-state index contributed by atoms with van der Waals surface area (Å²) in [5.74, 6) is 0. The number of anilines is 1. The molecule has 0 unspecified atom stereocenters. The monoisotopic (exact) mass is 374 g/mol. The minimum atomic E-state index is -0.341. The van der Waals surface area contributed by atoms with Gasteiger partial charge in [0, 0.05) is 18.3 Å². The van der Waals surface area contributed by atoms with Crippen LogP contribution in [0.2, 0.25) is 0 Å². The first-order valence-corrected chi connectivity index (χ1v) is 9.62. The van der Waals surface area contributed by atoms with Gasteiger partial charge in [-0.05, 0) is 58.2 Å². The predicted molar refractivity (Wildman–Crippen MR) is 105 cm³/mol. The van der Waals surface area contributed by atoms with Crippen LogP contribution >= 0.6 is 0 Å². The fraction of sp³-hybridized carbons (Fsp3) is 0.600. The number of rotatable bonds is 4. The van der Waals surface area contributed by atoms with E-state index in [0.717, 1.165) is 24.1 Å². The standard InChI is InChI=1S/C20H30N4O3/c1-13-11-24(12-20(3,4)27-13)19(26)21-14(2)15-5-7-16(8-6-15)22-18(25)23-17-9-10-17/h5-8,13-14,17H,9-12H2,1-4H3,(H,21,26)(H2,22,23,25)/t13-,14-/m0/s1. The molecule has 1 heterocycles. The summed E-state index contributed by atoms with van der Waals surface area (Å²) in [4.78, 5) is 26.2. The molecule has 0 bridgehead atoms. The van der Waals surface area contributed by atoms with Gasteiger partial charge in [-0.15, -0.1) is 0 Å². The fourth-order valence-electron chi connectivity index (χ4n) is 3.40. The molecule has 1 aliphatic carbocycles. The molecule has 1 saturated heterocycles. The molecule has 0 spiro atoms. The van der Waals surface area contributed by atoms with Crippen molar-refractivity contribution in [3.63, 3.8) is 0 Å². The van der Waals surface area contributed by atoms with E-state index in [-0.39, 0.29) is 29.8 Å². The van der Waals surface area contributed by atoms with Gasteiger partial charge in [-0.25, -0.2) is 9.59 Å². The summed E-state index contributed by atoms with van der Waals surface area (Å²) in [5, 5.41) is 8.77. The van der Waals surface area contributed by atoms with E-state index in [1.54, 1.807) is 0 Å². The van der Waals surface area contributed by atoms with Gasteiger partial charge >= 0.3 is 12.1 Å². The first kappa shape index (κ1) is 19.5. The number of nitrogens with zero attached hydrogens (tertiary/aromatic N) is 1. The minimum Gasteiger partial charge on any atom is -0.369 e. The summed E-state index contributed by atoms with van der Waals surface area (Å²) < 4.78 is 5.86. The lowest BCUT2D eigenvalue weighted by atomic mass is 10.1. The van der Waals surface area contributed by atoms with E-state index in [1.165, 1.54) is 0 Å². The number of amides is 4. The molecule has 2 atom stereocenters. The van der Waals surface area contributed by atoms with E-state index in [9.17, 15) is 9.59 Å². The van der Waals surface area contributed by atoms with Gasteiger partial charge in [0.05, 0.1) is 24.3 Å². The second kappa shape index (κ2) is 7.76. The van der Waals surface area contributed by atoms with Crippen LogP contribution in [0.15, 0.2) is 24.3 Å². The normalized spacial score (nSPS) is 22.7. The number of morpholine rings is 1. The summed E-state index contributed by atoms with van der Waals surface area (Å²) >= 11 is 0. The molecule has 1 aliphatic heterocycles. The van der Waals surface area contributed by atoms with Crippen LogP contribution in [0.25, 0.3) is 0 Å². The van der Waals surface area contributed by atoms with E-state index in [0.29, 0.717) is 19.1 Å². The highest BCUT2D eigenvalue weighted by atomic mass is 16.5. The van der Waals surface area contributed by atoms with Crippen molar-refractivity contribution in [1.29, 1.82) is 0 Å². The van der Waals surface area contributed by atoms with Crippen molar-refractivity contribution in [2.75, 3.05) is 18.4 Å². The Kier molecular flexibility index (Phi) is 5.60. The molecule has 3 rings (SSSR count). The van der Waals surface area contributed by atoms with Crippen LogP contribution in [0.3, 0.4) is 0 Å². The number of carbonyl (C=O) groups excluding carboxylic acids is 2. The topological polar surface area (TPSA) is 82.7 Å². The zero-order chi connectivity index (χ0) is 19.6. The highest BCUT2D eigenvalue weighted by Gasteiger charge is 2.34. The maximum Gasteiger partial charge on any atom is 0.319 e. The Morgan fingerprint density at radius 2 is 1.89 bits per heavy atom. The van der Waals surface area contributed by atoms with Crippen LogP contribution in [0.1, 0.15) is 52.1 Å². The molecule has 7 heteroatoms. The molecule has 0 aromatic heterocycles. The number of hydrogen-bond acceptors (Lipinski definition) is 3. The molecular weight excluding hydrogens is 344 g/mol. The maximum atomic E-state index is 12.6. The lowest BCUT2D eigenvalue weighted by Crippen LogP contribution is -2.56. The number of hydrogen-bond donors (Lipinski definition) is 3. The van der Waals surface area contributed by atoms with E-state index in [1.807, 2.05) is 56.9 Å². The molecule has 2 aliphatic rings. The number of carbonyl (C=O) groups is 2. The Labute approximate surface area is 160 Å². The maximum absolute atomic E-state index is 12.6. The Hall–Kier alpha value is -2.28. The Morgan fingerprint density at radius 3 is 2.48 bits per heavy atom. The molecule has 0 radical (unpaired) electrons. The summed E-state index contributed by atoms with van der Waals surface area (Å²) in [5.41, 5.74) is 1.38. The summed E-state index contributed by atoms with van der Waals surface area (Å²) in [6, 6.07) is 7.48. The van der Waals surface area contributed by atoms with E-state index < -0.39 is 0 Å². The quantitative estimate of drug-likeness (QED) is 0.757. The first-order valence-electron chi connectivity index (χ1n) is 9.62. The van der Waals surface area contributed by atoms with Crippen LogP contribution in [0.5, 0.6) is 0 Å². The third-order valence-corrected chi connectivity index (χ3v) is 4.78. The van der Waals surface area contributed by atoms with Crippen molar-refractivity contribution in [3.05, 3.63) is 29.8 Å². The van der Waals surface area contributed by atoms with Gasteiger partial charge in [-0.1, -0.05) is 12.1 Å². The summed E-state index contributed by atoms with van der Waals surface area (Å²) in [6.07, 6.45) is 2.13. The average molecular weight is 374 g/mol. The molecule has 4 amide bonds. The van der Waals surface area contributed by atoms with Gasteiger partial charge in [0.2, 0.25) is 0 Å². The Morgan fingerprint density at radius 1 is 1.22 bits per heavy atom. The molecular formula is C20H30N4O3. The lowest BCUT2D eigenvalue weighted by molar-refractivity contribution is -0.117. The van der Waals surface area contributed by atoms with Crippen LogP contribution < -0.4 is 16.0 Å². The zero-order valence-electron chi connectivity index (χ0n) is 16.5. The average Bonchev–Trinajstić information content (AvgIpc) is 3.37. The molecule has 1 aromatic carbocycles. The van der Waals surface area contributed by atoms with Gasteiger partial charge in [0.25, 0.3) is 0 Å². The van der Waals surface area contributed by atoms with Gasteiger partial charge in [-0.3, -0.25) is 0 Å². The van der Waals surface area contributed by atoms with Crippen LogP contribution in [-0.2, 0) is 4.74 Å². The van der Waals surface area contributed by atoms with E-state index in [4.69, 9.17) is 4.74 Å². The van der Waals surface area contributed by atoms with Gasteiger partial charge in [0.1, 0.15) is 0 Å². The van der Waals surface area contributed by atoms with Crippen molar-refractivity contribution in [2.24, 2.45) is 0 Å². The van der Waals surface area contributed by atoms with Gasteiger partial charge in [0.15, 0.2) is 0 Å². The van der Waals surface area contributed by atoms with E-state index >= 15 is 0 Å². The molecule has 1 saturated carbocycles. The first-order chi connectivity index (χ1) is 12.7. The van der Waals surface area contributed by atoms with Crippen molar-refractivity contribution < 1.29 is 14.3 Å². The van der Waals surface area contributed by atoms with E-state index in [2.05, 4.69) is 16.0 Å². The highest BCUT2D eigenvalue weighted by Crippen LogP contribution is 2.22. The summed E-state index contributed by atoms with van der Waals surface area (Å²) in [6.45, 7) is 9.08. The largest absolute Gasteiger partial charge is 0.369 e. The van der Waals surface area contributed by atoms with Gasteiger partial charge < -0.3 is 25.6 Å². The Bertz CT molecular complexity index is 685. The number of urea groups is 2. The second-order valence-corrected chi connectivity index (χ2v) is 8.23. The fourth-order valence-corrected chi connectivity index (χ4v) is 3.40. The van der Waals surface area contributed by atoms with Crippen molar-refractivity contribution in [3.8, 4) is 0 Å². The Balaban J connectivity index is 1.53. The van der Waals surface area contributed by atoms with Crippen molar-refractivity contribution in [1.82, 2.24) is 15.5 Å². The van der Waals surface area contributed by atoms with Crippen molar-refractivity contribution in [2.45, 2.75) is 64.3 Å². The minimum absolute atomic E-state index is 0.0157.